The lowest BCUT2D eigenvalue weighted by atomic mass is 10.2. The Kier molecular flexibility index (Phi) is 4.79. The highest BCUT2D eigenvalue weighted by Crippen LogP contribution is 2.11. The molecule has 0 fully saturated rings. The van der Waals surface area contributed by atoms with Crippen LogP contribution in [0.3, 0.4) is 0 Å². The zero-order valence-corrected chi connectivity index (χ0v) is 12.7. The average molecular weight is 367 g/mol. The number of amides is 1. The van der Waals surface area contributed by atoms with Gasteiger partial charge in [0.25, 0.3) is 5.91 Å². The van der Waals surface area contributed by atoms with Crippen molar-refractivity contribution in [3.63, 3.8) is 0 Å². The first-order chi connectivity index (χ1) is 9.19. The summed E-state index contributed by atoms with van der Waals surface area (Å²) in [4.78, 5) is 12.0. The van der Waals surface area contributed by atoms with Crippen molar-refractivity contribution in [2.75, 3.05) is 7.11 Å². The van der Waals surface area contributed by atoms with Gasteiger partial charge in [-0.3, -0.25) is 4.79 Å². The summed E-state index contributed by atoms with van der Waals surface area (Å²) >= 11 is 2.19. The zero-order chi connectivity index (χ0) is 13.7. The van der Waals surface area contributed by atoms with Crippen LogP contribution in [0.1, 0.15) is 15.9 Å². The molecule has 4 heteroatoms. The number of ether oxygens (including phenoxy) is 1. The largest absolute Gasteiger partial charge is 0.497 e. The second-order valence-corrected chi connectivity index (χ2v) is 5.29. The van der Waals surface area contributed by atoms with Gasteiger partial charge in [-0.2, -0.15) is 0 Å². The van der Waals surface area contributed by atoms with Crippen LogP contribution in [-0.2, 0) is 6.54 Å². The molecule has 2 rings (SSSR count). The molecule has 0 bridgehead atoms. The molecule has 2 aromatic rings. The van der Waals surface area contributed by atoms with Crippen LogP contribution in [0.5, 0.6) is 5.75 Å². The Morgan fingerprint density at radius 2 is 1.95 bits per heavy atom. The van der Waals surface area contributed by atoms with Gasteiger partial charge in [-0.05, 0) is 58.5 Å². The third-order valence-corrected chi connectivity index (χ3v) is 3.37. The Hall–Kier alpha value is -1.56. The molecule has 0 saturated carbocycles. The van der Waals surface area contributed by atoms with Crippen molar-refractivity contribution in [2.45, 2.75) is 6.54 Å². The predicted octanol–water partition coefficient (Wildman–Crippen LogP) is 3.23. The number of methoxy groups -OCH3 is 1. The topological polar surface area (TPSA) is 38.3 Å². The lowest BCUT2D eigenvalue weighted by Gasteiger charge is -2.06. The van der Waals surface area contributed by atoms with Gasteiger partial charge in [0, 0.05) is 15.7 Å². The quantitative estimate of drug-likeness (QED) is 0.843. The molecule has 3 nitrogen and oxygen atoms in total. The van der Waals surface area contributed by atoms with Crippen LogP contribution in [0.25, 0.3) is 0 Å². The summed E-state index contributed by atoms with van der Waals surface area (Å²) < 4.78 is 6.14. The molecular formula is C15H14INO2. The number of hydrogen-bond donors (Lipinski definition) is 1. The van der Waals surface area contributed by atoms with E-state index in [4.69, 9.17) is 4.74 Å². The molecule has 0 atom stereocenters. The van der Waals surface area contributed by atoms with Crippen LogP contribution in [0, 0.1) is 3.57 Å². The van der Waals surface area contributed by atoms with E-state index in [1.54, 1.807) is 7.11 Å². The number of carbonyl (C=O) groups is 1. The number of rotatable bonds is 4. The van der Waals surface area contributed by atoms with E-state index < -0.39 is 0 Å². The van der Waals surface area contributed by atoms with E-state index in [1.165, 1.54) is 0 Å². The first kappa shape index (κ1) is 13.9. The summed E-state index contributed by atoms with van der Waals surface area (Å²) in [6, 6.07) is 15.2. The van der Waals surface area contributed by atoms with E-state index in [0.717, 1.165) is 14.9 Å². The van der Waals surface area contributed by atoms with Crippen molar-refractivity contribution >= 4 is 28.5 Å². The van der Waals surface area contributed by atoms with Crippen LogP contribution < -0.4 is 10.1 Å². The van der Waals surface area contributed by atoms with Crippen LogP contribution >= 0.6 is 22.6 Å². The molecule has 0 aliphatic heterocycles. The van der Waals surface area contributed by atoms with Crippen LogP contribution in [0.2, 0.25) is 0 Å². The smallest absolute Gasteiger partial charge is 0.251 e. The van der Waals surface area contributed by atoms with Crippen molar-refractivity contribution in [3.8, 4) is 5.75 Å². The molecule has 0 unspecified atom stereocenters. The van der Waals surface area contributed by atoms with Gasteiger partial charge in [0.05, 0.1) is 7.11 Å². The predicted molar refractivity (Wildman–Crippen MR) is 83.3 cm³/mol. The highest BCUT2D eigenvalue weighted by molar-refractivity contribution is 14.1. The van der Waals surface area contributed by atoms with Gasteiger partial charge in [0.2, 0.25) is 0 Å². The Labute approximate surface area is 126 Å². The minimum atomic E-state index is -0.0608. The van der Waals surface area contributed by atoms with Crippen molar-refractivity contribution in [1.82, 2.24) is 5.32 Å². The van der Waals surface area contributed by atoms with Gasteiger partial charge in [0.15, 0.2) is 0 Å². The summed E-state index contributed by atoms with van der Waals surface area (Å²) in [5.41, 5.74) is 1.72. The monoisotopic (exact) mass is 367 g/mol. The fourth-order valence-electron chi connectivity index (χ4n) is 1.66. The van der Waals surface area contributed by atoms with Crippen LogP contribution in [0.4, 0.5) is 0 Å². The minimum Gasteiger partial charge on any atom is -0.497 e. The third-order valence-electron chi connectivity index (χ3n) is 2.70. The maximum Gasteiger partial charge on any atom is 0.251 e. The molecule has 19 heavy (non-hydrogen) atoms. The maximum absolute atomic E-state index is 12.0. The average Bonchev–Trinajstić information content (AvgIpc) is 2.45. The van der Waals surface area contributed by atoms with Crippen LogP contribution in [-0.4, -0.2) is 13.0 Å². The number of hydrogen-bond acceptors (Lipinski definition) is 2. The lowest BCUT2D eigenvalue weighted by Crippen LogP contribution is -2.22. The molecule has 0 aromatic heterocycles. The van der Waals surface area contributed by atoms with Gasteiger partial charge in [-0.25, -0.2) is 0 Å². The molecule has 0 heterocycles. The minimum absolute atomic E-state index is 0.0608. The van der Waals surface area contributed by atoms with Crippen LogP contribution in [0.15, 0.2) is 48.5 Å². The van der Waals surface area contributed by atoms with Crippen molar-refractivity contribution in [1.29, 1.82) is 0 Å². The second kappa shape index (κ2) is 6.56. The van der Waals surface area contributed by atoms with Gasteiger partial charge in [-0.15, -0.1) is 0 Å². The van der Waals surface area contributed by atoms with E-state index in [2.05, 4.69) is 27.9 Å². The standard InChI is InChI=1S/C15H14INO2/c1-19-14-7-5-11(6-8-14)10-17-15(18)12-3-2-4-13(16)9-12/h2-9H,10H2,1H3,(H,17,18). The van der Waals surface area contributed by atoms with E-state index in [1.807, 2.05) is 48.5 Å². The molecule has 0 spiro atoms. The molecule has 1 amide bonds. The molecule has 0 aliphatic rings. The van der Waals surface area contributed by atoms with E-state index in [9.17, 15) is 4.79 Å². The summed E-state index contributed by atoms with van der Waals surface area (Å²) in [6.07, 6.45) is 0. The highest BCUT2D eigenvalue weighted by atomic mass is 127. The van der Waals surface area contributed by atoms with E-state index in [-0.39, 0.29) is 5.91 Å². The number of halogens is 1. The first-order valence-corrected chi connectivity index (χ1v) is 6.93. The molecule has 2 aromatic carbocycles. The second-order valence-electron chi connectivity index (χ2n) is 4.04. The van der Waals surface area contributed by atoms with Gasteiger partial charge in [-0.1, -0.05) is 18.2 Å². The molecular weight excluding hydrogens is 353 g/mol. The van der Waals surface area contributed by atoms with Crippen molar-refractivity contribution in [2.24, 2.45) is 0 Å². The number of benzene rings is 2. The third kappa shape index (κ3) is 3.96. The summed E-state index contributed by atoms with van der Waals surface area (Å²) in [5.74, 6) is 0.752. The molecule has 98 valence electrons. The maximum atomic E-state index is 12.0. The number of carbonyl (C=O) groups excluding carboxylic acids is 1. The summed E-state index contributed by atoms with van der Waals surface area (Å²) in [6.45, 7) is 0.508. The SMILES string of the molecule is COc1ccc(CNC(=O)c2cccc(I)c2)cc1. The first-order valence-electron chi connectivity index (χ1n) is 5.86. The molecule has 0 saturated heterocycles. The van der Waals surface area contributed by atoms with Gasteiger partial charge >= 0.3 is 0 Å². The summed E-state index contributed by atoms with van der Waals surface area (Å²) in [5, 5.41) is 2.90. The fourth-order valence-corrected chi connectivity index (χ4v) is 2.20. The molecule has 0 aliphatic carbocycles. The highest BCUT2D eigenvalue weighted by Gasteiger charge is 2.05. The van der Waals surface area contributed by atoms with Gasteiger partial charge in [0.1, 0.15) is 5.75 Å². The Balaban J connectivity index is 1.96. The zero-order valence-electron chi connectivity index (χ0n) is 10.5. The van der Waals surface area contributed by atoms with E-state index in [0.29, 0.717) is 12.1 Å². The Bertz CT molecular complexity index is 567. The van der Waals surface area contributed by atoms with Gasteiger partial charge < -0.3 is 10.1 Å². The van der Waals surface area contributed by atoms with E-state index >= 15 is 0 Å². The molecule has 0 radical (unpaired) electrons. The fraction of sp³-hybridized carbons (Fsp3) is 0.133. The normalized spacial score (nSPS) is 10.0. The molecule has 1 N–H and O–H groups in total. The lowest BCUT2D eigenvalue weighted by molar-refractivity contribution is 0.0951. The summed E-state index contributed by atoms with van der Waals surface area (Å²) in [7, 11) is 1.63. The Morgan fingerprint density at radius 1 is 1.21 bits per heavy atom. The van der Waals surface area contributed by atoms with Crippen molar-refractivity contribution < 1.29 is 9.53 Å². The number of nitrogens with one attached hydrogen (secondary N) is 1. The van der Waals surface area contributed by atoms with Crippen molar-refractivity contribution in [3.05, 3.63) is 63.2 Å². The Morgan fingerprint density at radius 3 is 2.58 bits per heavy atom.